The van der Waals surface area contributed by atoms with Crippen LogP contribution in [0.15, 0.2) is 30.6 Å². The number of nitrogens with zero attached hydrogens (tertiary/aromatic N) is 2. The van der Waals surface area contributed by atoms with Crippen LogP contribution in [0.25, 0.3) is 0 Å². The van der Waals surface area contributed by atoms with Gasteiger partial charge in [0.05, 0.1) is 24.0 Å². The highest BCUT2D eigenvalue weighted by atomic mass is 35.5. The molecule has 1 aromatic heterocycles. The monoisotopic (exact) mass is 308 g/mol. The summed E-state index contributed by atoms with van der Waals surface area (Å²) in [4.78, 5) is 11.9. The molecule has 0 atom stereocenters. The lowest BCUT2D eigenvalue weighted by atomic mass is 10.2. The van der Waals surface area contributed by atoms with Crippen molar-refractivity contribution in [2.45, 2.75) is 19.4 Å². The lowest BCUT2D eigenvalue weighted by Crippen LogP contribution is -2.13. The number of nitrogen functional groups attached to an aromatic ring is 1. The number of hydrogen-bond donors (Lipinski definition) is 2. The smallest absolute Gasteiger partial charge is 0.224 e. The number of nitrogens with two attached hydrogens (primary N) is 1. The van der Waals surface area contributed by atoms with Crippen LogP contribution >= 0.6 is 11.6 Å². The molecule has 0 bridgehead atoms. The number of carbonyl (C=O) groups excluding carboxylic acids is 1. The molecule has 3 N–H and O–H groups in total. The van der Waals surface area contributed by atoms with Gasteiger partial charge >= 0.3 is 0 Å². The van der Waals surface area contributed by atoms with Crippen molar-refractivity contribution in [3.8, 4) is 5.75 Å². The average molecular weight is 309 g/mol. The lowest BCUT2D eigenvalue weighted by Gasteiger charge is -2.10. The molecule has 0 aliphatic heterocycles. The molecule has 0 saturated carbocycles. The number of rotatable bonds is 6. The first kappa shape index (κ1) is 15.2. The third kappa shape index (κ3) is 4.39. The second-order valence-electron chi connectivity index (χ2n) is 4.53. The zero-order chi connectivity index (χ0) is 15.2. The molecule has 112 valence electrons. The molecular formula is C14H17ClN4O2. The van der Waals surface area contributed by atoms with Crippen molar-refractivity contribution in [2.24, 2.45) is 0 Å². The van der Waals surface area contributed by atoms with Crippen molar-refractivity contribution in [1.82, 2.24) is 9.78 Å². The van der Waals surface area contributed by atoms with Crippen molar-refractivity contribution in [3.63, 3.8) is 0 Å². The van der Waals surface area contributed by atoms with E-state index in [4.69, 9.17) is 22.1 Å². The Labute approximate surface area is 127 Å². The number of nitrogens with one attached hydrogen (secondary N) is 1. The Bertz CT molecular complexity index is 627. The standard InChI is InChI=1S/C14H17ClN4O2/c1-21-13-7-11(16)4-5-12(13)18-14(20)3-2-6-19-9-10(15)8-17-19/h4-5,7-9H,2-3,6,16H2,1H3,(H,18,20). The van der Waals surface area contributed by atoms with Gasteiger partial charge in [-0.2, -0.15) is 5.10 Å². The van der Waals surface area contributed by atoms with E-state index in [9.17, 15) is 4.79 Å². The van der Waals surface area contributed by atoms with Crippen molar-refractivity contribution in [1.29, 1.82) is 0 Å². The minimum absolute atomic E-state index is 0.0867. The van der Waals surface area contributed by atoms with Crippen LogP contribution < -0.4 is 15.8 Å². The Hall–Kier alpha value is -2.21. The largest absolute Gasteiger partial charge is 0.494 e. The van der Waals surface area contributed by atoms with Crippen LogP contribution in [0.2, 0.25) is 5.02 Å². The first-order valence-corrected chi connectivity index (χ1v) is 6.87. The quantitative estimate of drug-likeness (QED) is 0.803. The van der Waals surface area contributed by atoms with Crippen molar-refractivity contribution >= 4 is 28.9 Å². The van der Waals surface area contributed by atoms with E-state index in [2.05, 4.69) is 10.4 Å². The molecule has 0 unspecified atom stereocenters. The third-order valence-electron chi connectivity index (χ3n) is 2.89. The number of aromatic nitrogens is 2. The predicted molar refractivity (Wildman–Crippen MR) is 82.5 cm³/mol. The summed E-state index contributed by atoms with van der Waals surface area (Å²) in [5.74, 6) is 0.457. The fourth-order valence-corrected chi connectivity index (χ4v) is 2.04. The molecule has 0 radical (unpaired) electrons. The van der Waals surface area contributed by atoms with E-state index in [1.165, 1.54) is 7.11 Å². The summed E-state index contributed by atoms with van der Waals surface area (Å²) < 4.78 is 6.89. The zero-order valence-electron chi connectivity index (χ0n) is 11.7. The van der Waals surface area contributed by atoms with E-state index in [0.717, 1.165) is 0 Å². The number of hydrogen-bond acceptors (Lipinski definition) is 4. The molecule has 7 heteroatoms. The fraction of sp³-hybridized carbons (Fsp3) is 0.286. The summed E-state index contributed by atoms with van der Waals surface area (Å²) >= 11 is 5.77. The van der Waals surface area contributed by atoms with Crippen LogP contribution in [0.3, 0.4) is 0 Å². The Morgan fingerprint density at radius 1 is 1.52 bits per heavy atom. The van der Waals surface area contributed by atoms with Gasteiger partial charge < -0.3 is 15.8 Å². The van der Waals surface area contributed by atoms with Gasteiger partial charge in [-0.05, 0) is 18.6 Å². The van der Waals surface area contributed by atoms with Gasteiger partial charge in [0, 0.05) is 30.9 Å². The van der Waals surface area contributed by atoms with Crippen LogP contribution in [-0.2, 0) is 11.3 Å². The number of benzene rings is 1. The topological polar surface area (TPSA) is 82.2 Å². The summed E-state index contributed by atoms with van der Waals surface area (Å²) in [6, 6.07) is 5.10. The fourth-order valence-electron chi connectivity index (χ4n) is 1.89. The number of ether oxygens (including phenoxy) is 1. The molecule has 1 amide bonds. The maximum Gasteiger partial charge on any atom is 0.224 e. The highest BCUT2D eigenvalue weighted by Gasteiger charge is 2.08. The number of halogens is 1. The molecule has 21 heavy (non-hydrogen) atoms. The van der Waals surface area contributed by atoms with Crippen LogP contribution in [0, 0.1) is 0 Å². The number of aryl methyl sites for hydroxylation is 1. The summed E-state index contributed by atoms with van der Waals surface area (Å²) in [5.41, 5.74) is 6.86. The van der Waals surface area contributed by atoms with Gasteiger partial charge in [0.15, 0.2) is 0 Å². The van der Waals surface area contributed by atoms with Gasteiger partial charge in [-0.1, -0.05) is 11.6 Å². The van der Waals surface area contributed by atoms with E-state index in [0.29, 0.717) is 41.5 Å². The molecule has 0 aliphatic rings. The maximum atomic E-state index is 11.9. The Morgan fingerprint density at radius 2 is 2.33 bits per heavy atom. The number of methoxy groups -OCH3 is 1. The highest BCUT2D eigenvalue weighted by molar-refractivity contribution is 6.30. The minimum Gasteiger partial charge on any atom is -0.494 e. The maximum absolute atomic E-state index is 11.9. The van der Waals surface area contributed by atoms with Gasteiger partial charge in [0.2, 0.25) is 5.91 Å². The van der Waals surface area contributed by atoms with Gasteiger partial charge in [-0.25, -0.2) is 0 Å². The first-order valence-electron chi connectivity index (χ1n) is 6.50. The molecule has 0 saturated heterocycles. The average Bonchev–Trinajstić information content (AvgIpc) is 2.86. The Balaban J connectivity index is 1.84. The van der Waals surface area contributed by atoms with Crippen LogP contribution in [0.5, 0.6) is 5.75 Å². The molecule has 6 nitrogen and oxygen atoms in total. The minimum atomic E-state index is -0.0867. The SMILES string of the molecule is COc1cc(N)ccc1NC(=O)CCCn1cc(Cl)cn1. The third-order valence-corrected chi connectivity index (χ3v) is 3.09. The number of amides is 1. The number of anilines is 2. The molecule has 2 rings (SSSR count). The Morgan fingerprint density at radius 3 is 3.00 bits per heavy atom. The van der Waals surface area contributed by atoms with Crippen LogP contribution in [-0.4, -0.2) is 22.8 Å². The Kier molecular flexibility index (Phi) is 5.05. The van der Waals surface area contributed by atoms with Gasteiger partial charge in [-0.15, -0.1) is 0 Å². The first-order chi connectivity index (χ1) is 10.1. The summed E-state index contributed by atoms with van der Waals surface area (Å²) in [6.45, 7) is 0.638. The predicted octanol–water partition coefficient (Wildman–Crippen LogP) is 2.55. The molecule has 2 aromatic rings. The van der Waals surface area contributed by atoms with Crippen LogP contribution in [0.4, 0.5) is 11.4 Å². The second-order valence-corrected chi connectivity index (χ2v) is 4.97. The van der Waals surface area contributed by atoms with Crippen LogP contribution in [0.1, 0.15) is 12.8 Å². The van der Waals surface area contributed by atoms with E-state index < -0.39 is 0 Å². The molecule has 0 spiro atoms. The van der Waals surface area contributed by atoms with Crippen molar-refractivity contribution < 1.29 is 9.53 Å². The van der Waals surface area contributed by atoms with E-state index >= 15 is 0 Å². The second kappa shape index (κ2) is 6.99. The van der Waals surface area contributed by atoms with Gasteiger partial charge in [0.1, 0.15) is 5.75 Å². The molecule has 0 aliphatic carbocycles. The van der Waals surface area contributed by atoms with Gasteiger partial charge in [-0.3, -0.25) is 9.48 Å². The summed E-state index contributed by atoms with van der Waals surface area (Å²) in [7, 11) is 1.53. The van der Waals surface area contributed by atoms with E-state index in [-0.39, 0.29) is 5.91 Å². The van der Waals surface area contributed by atoms with Crippen molar-refractivity contribution in [3.05, 3.63) is 35.6 Å². The molecule has 0 fully saturated rings. The highest BCUT2D eigenvalue weighted by Crippen LogP contribution is 2.26. The summed E-state index contributed by atoms with van der Waals surface area (Å²) in [5, 5.41) is 7.45. The molecule has 1 heterocycles. The lowest BCUT2D eigenvalue weighted by molar-refractivity contribution is -0.116. The molecular weight excluding hydrogens is 292 g/mol. The molecule has 1 aromatic carbocycles. The van der Waals surface area contributed by atoms with E-state index in [1.807, 2.05) is 0 Å². The zero-order valence-corrected chi connectivity index (χ0v) is 12.4. The van der Waals surface area contributed by atoms with Gasteiger partial charge in [0.25, 0.3) is 0 Å². The number of carbonyl (C=O) groups is 1. The summed E-state index contributed by atoms with van der Waals surface area (Å²) in [6.07, 6.45) is 4.34. The van der Waals surface area contributed by atoms with E-state index in [1.54, 1.807) is 35.3 Å². The van der Waals surface area contributed by atoms with Crippen molar-refractivity contribution in [2.75, 3.05) is 18.2 Å². The normalized spacial score (nSPS) is 10.4.